The monoisotopic (exact) mass is 255 g/mol. The average molecular weight is 255 g/mol. The Hall–Kier alpha value is -2.10. The van der Waals surface area contributed by atoms with Gasteiger partial charge in [0.25, 0.3) is 5.91 Å². The molecule has 0 radical (unpaired) electrons. The smallest absolute Gasteiger partial charge is 0.251 e. The lowest BCUT2D eigenvalue weighted by Crippen LogP contribution is -2.40. The van der Waals surface area contributed by atoms with E-state index in [1.165, 1.54) is 5.69 Å². The van der Waals surface area contributed by atoms with Crippen molar-refractivity contribution < 1.29 is 4.79 Å². The topological polar surface area (TPSA) is 46.9 Å². The zero-order chi connectivity index (χ0) is 13.2. The molecule has 98 valence electrons. The van der Waals surface area contributed by atoms with Crippen molar-refractivity contribution in [1.29, 1.82) is 0 Å². The van der Waals surface area contributed by atoms with E-state index in [9.17, 15) is 4.79 Å². The summed E-state index contributed by atoms with van der Waals surface area (Å²) in [5.41, 5.74) is 2.98. The van der Waals surface area contributed by atoms with E-state index in [1.54, 1.807) is 0 Å². The second-order valence-electron chi connectivity index (χ2n) is 5.06. The summed E-state index contributed by atoms with van der Waals surface area (Å²) < 4.78 is 2.15. The summed E-state index contributed by atoms with van der Waals surface area (Å²) in [6.07, 6.45) is 5.55. The van der Waals surface area contributed by atoms with E-state index < -0.39 is 0 Å². The van der Waals surface area contributed by atoms with Crippen LogP contribution in [0.5, 0.6) is 0 Å². The molecule has 2 aromatic rings. The fourth-order valence-electron chi connectivity index (χ4n) is 2.58. The number of rotatable bonds is 2. The fourth-order valence-corrected chi connectivity index (χ4v) is 2.58. The summed E-state index contributed by atoms with van der Waals surface area (Å²) in [6.45, 7) is 2.89. The Kier molecular flexibility index (Phi) is 3.07. The molecule has 0 aliphatic carbocycles. The first kappa shape index (κ1) is 12.0. The maximum Gasteiger partial charge on any atom is 0.251 e. The lowest BCUT2D eigenvalue weighted by Gasteiger charge is -2.25. The van der Waals surface area contributed by atoms with E-state index >= 15 is 0 Å². The molecular weight excluding hydrogens is 238 g/mol. The van der Waals surface area contributed by atoms with Crippen LogP contribution >= 0.6 is 0 Å². The van der Waals surface area contributed by atoms with Crippen LogP contribution in [0.4, 0.5) is 0 Å². The summed E-state index contributed by atoms with van der Waals surface area (Å²) in [6, 6.07) is 7.89. The molecule has 0 spiro atoms. The molecular formula is C15H17N3O. The number of carbonyl (C=O) groups is 1. The predicted molar refractivity (Wildman–Crippen MR) is 73.0 cm³/mol. The molecule has 1 aromatic carbocycles. The van der Waals surface area contributed by atoms with Gasteiger partial charge in [-0.15, -0.1) is 0 Å². The first-order valence-electron chi connectivity index (χ1n) is 6.59. The van der Waals surface area contributed by atoms with Gasteiger partial charge < -0.3 is 9.88 Å². The third-order valence-electron chi connectivity index (χ3n) is 3.70. The number of aromatic nitrogens is 2. The molecule has 0 bridgehead atoms. The van der Waals surface area contributed by atoms with Gasteiger partial charge in [0.15, 0.2) is 0 Å². The molecule has 0 saturated heterocycles. The highest BCUT2D eigenvalue weighted by atomic mass is 16.1. The molecule has 1 atom stereocenters. The van der Waals surface area contributed by atoms with Crippen molar-refractivity contribution in [3.8, 4) is 0 Å². The number of hydrogen-bond acceptors (Lipinski definition) is 2. The predicted octanol–water partition coefficient (Wildman–Crippen LogP) is 1.94. The van der Waals surface area contributed by atoms with E-state index in [4.69, 9.17) is 0 Å². The maximum absolute atomic E-state index is 12.3. The molecule has 4 nitrogen and oxygen atoms in total. The zero-order valence-electron chi connectivity index (χ0n) is 11.0. The molecule has 4 heteroatoms. The summed E-state index contributed by atoms with van der Waals surface area (Å²) >= 11 is 0. The second kappa shape index (κ2) is 4.88. The molecule has 2 heterocycles. The van der Waals surface area contributed by atoms with Crippen molar-refractivity contribution in [2.24, 2.45) is 0 Å². The molecule has 1 N–H and O–H groups in total. The highest BCUT2D eigenvalue weighted by molar-refractivity contribution is 5.95. The highest BCUT2D eigenvalue weighted by Crippen LogP contribution is 2.15. The second-order valence-corrected chi connectivity index (χ2v) is 5.06. The summed E-state index contributed by atoms with van der Waals surface area (Å²) in [5.74, 6) is 0.0241. The van der Waals surface area contributed by atoms with Crippen LogP contribution in [-0.2, 0) is 13.0 Å². The van der Waals surface area contributed by atoms with Crippen molar-refractivity contribution in [3.63, 3.8) is 0 Å². The Morgan fingerprint density at radius 3 is 3.11 bits per heavy atom. The Morgan fingerprint density at radius 2 is 2.26 bits per heavy atom. The van der Waals surface area contributed by atoms with E-state index in [1.807, 2.05) is 43.7 Å². The zero-order valence-corrected chi connectivity index (χ0v) is 11.0. The standard InChI is InChI=1S/C15H17N3O/c1-11-4-2-3-5-14(11)15(19)17-12-6-7-18-10-16-9-13(18)8-12/h2-5,9-10,12H,6-8H2,1H3,(H,17,19). The van der Waals surface area contributed by atoms with Crippen LogP contribution in [0.1, 0.15) is 28.0 Å². The minimum atomic E-state index is 0.0241. The summed E-state index contributed by atoms with van der Waals surface area (Å²) in [4.78, 5) is 16.4. The van der Waals surface area contributed by atoms with Gasteiger partial charge in [-0.25, -0.2) is 4.98 Å². The van der Waals surface area contributed by atoms with Gasteiger partial charge in [0, 0.05) is 36.5 Å². The Labute approximate surface area is 112 Å². The number of nitrogens with one attached hydrogen (secondary N) is 1. The Morgan fingerprint density at radius 1 is 1.42 bits per heavy atom. The third-order valence-corrected chi connectivity index (χ3v) is 3.70. The molecule has 1 aromatic heterocycles. The molecule has 1 amide bonds. The van der Waals surface area contributed by atoms with Crippen LogP contribution in [-0.4, -0.2) is 21.5 Å². The first-order valence-corrected chi connectivity index (χ1v) is 6.59. The van der Waals surface area contributed by atoms with Crippen LogP contribution in [0.2, 0.25) is 0 Å². The summed E-state index contributed by atoms with van der Waals surface area (Å²) in [5, 5.41) is 3.13. The quantitative estimate of drug-likeness (QED) is 0.891. The van der Waals surface area contributed by atoms with Crippen LogP contribution in [0, 0.1) is 6.92 Å². The van der Waals surface area contributed by atoms with Gasteiger partial charge in [0.05, 0.1) is 6.33 Å². The van der Waals surface area contributed by atoms with Crippen molar-refractivity contribution >= 4 is 5.91 Å². The number of nitrogens with zero attached hydrogens (tertiary/aromatic N) is 2. The molecule has 19 heavy (non-hydrogen) atoms. The number of fused-ring (bicyclic) bond motifs is 1. The van der Waals surface area contributed by atoms with Crippen LogP contribution in [0.3, 0.4) is 0 Å². The van der Waals surface area contributed by atoms with Crippen molar-refractivity contribution in [2.75, 3.05) is 0 Å². The van der Waals surface area contributed by atoms with Gasteiger partial charge in [0.1, 0.15) is 0 Å². The van der Waals surface area contributed by atoms with Crippen LogP contribution in [0.15, 0.2) is 36.8 Å². The van der Waals surface area contributed by atoms with Crippen molar-refractivity contribution in [2.45, 2.75) is 32.4 Å². The normalized spacial score (nSPS) is 17.8. The number of carbonyl (C=O) groups excluding carboxylic acids is 1. The van der Waals surface area contributed by atoms with E-state index in [-0.39, 0.29) is 11.9 Å². The molecule has 0 fully saturated rings. The van der Waals surface area contributed by atoms with E-state index in [0.29, 0.717) is 0 Å². The Bertz CT molecular complexity index is 603. The minimum Gasteiger partial charge on any atom is -0.349 e. The van der Waals surface area contributed by atoms with Gasteiger partial charge in [0.2, 0.25) is 0 Å². The minimum absolute atomic E-state index is 0.0241. The van der Waals surface area contributed by atoms with Gasteiger partial charge in [-0.1, -0.05) is 18.2 Å². The Balaban J connectivity index is 1.70. The summed E-state index contributed by atoms with van der Waals surface area (Å²) in [7, 11) is 0. The number of imidazole rings is 1. The fraction of sp³-hybridized carbons (Fsp3) is 0.333. The number of amides is 1. The lowest BCUT2D eigenvalue weighted by molar-refractivity contribution is 0.0930. The molecule has 1 unspecified atom stereocenters. The van der Waals surface area contributed by atoms with Crippen molar-refractivity contribution in [1.82, 2.24) is 14.9 Å². The average Bonchev–Trinajstić information content (AvgIpc) is 2.86. The van der Waals surface area contributed by atoms with Gasteiger partial charge in [-0.2, -0.15) is 0 Å². The van der Waals surface area contributed by atoms with Gasteiger partial charge in [-0.05, 0) is 25.0 Å². The molecule has 0 saturated carbocycles. The van der Waals surface area contributed by atoms with Crippen LogP contribution < -0.4 is 5.32 Å². The van der Waals surface area contributed by atoms with Gasteiger partial charge in [-0.3, -0.25) is 4.79 Å². The number of benzene rings is 1. The number of aryl methyl sites for hydroxylation is 2. The largest absolute Gasteiger partial charge is 0.349 e. The lowest BCUT2D eigenvalue weighted by atomic mass is 10.0. The van der Waals surface area contributed by atoms with Gasteiger partial charge >= 0.3 is 0 Å². The molecule has 1 aliphatic heterocycles. The maximum atomic E-state index is 12.3. The third kappa shape index (κ3) is 2.38. The molecule has 3 rings (SSSR count). The van der Waals surface area contributed by atoms with E-state index in [0.717, 1.165) is 30.5 Å². The number of hydrogen-bond donors (Lipinski definition) is 1. The SMILES string of the molecule is Cc1ccccc1C(=O)NC1CCn2cncc2C1. The van der Waals surface area contributed by atoms with E-state index in [2.05, 4.69) is 14.9 Å². The highest BCUT2D eigenvalue weighted by Gasteiger charge is 2.21. The molecule has 1 aliphatic rings. The van der Waals surface area contributed by atoms with Crippen molar-refractivity contribution in [3.05, 3.63) is 53.6 Å². The first-order chi connectivity index (χ1) is 9.24. The van der Waals surface area contributed by atoms with Crippen LogP contribution in [0.25, 0.3) is 0 Å².